The first-order chi connectivity index (χ1) is 11.9. The van der Waals surface area contributed by atoms with E-state index < -0.39 is 5.60 Å². The van der Waals surface area contributed by atoms with Crippen molar-refractivity contribution in [3.63, 3.8) is 0 Å². The molecule has 0 aliphatic carbocycles. The number of carbonyl (C=O) groups excluding carboxylic acids is 1. The molecule has 1 aromatic rings. The summed E-state index contributed by atoms with van der Waals surface area (Å²) in [5.74, 6) is 1.55. The van der Waals surface area contributed by atoms with Crippen molar-refractivity contribution in [2.45, 2.75) is 45.3 Å². The fourth-order valence-electron chi connectivity index (χ4n) is 2.56. The molecule has 1 amide bonds. The van der Waals surface area contributed by atoms with Crippen molar-refractivity contribution in [1.29, 1.82) is 0 Å². The average Bonchev–Trinajstić information content (AvgIpc) is 2.54. The highest BCUT2D eigenvalue weighted by Crippen LogP contribution is 2.24. The molecule has 1 saturated heterocycles. The lowest BCUT2D eigenvalue weighted by Crippen LogP contribution is -2.44. The molecule has 1 aliphatic heterocycles. The number of carbonyl (C=O) groups is 1. The van der Waals surface area contributed by atoms with E-state index in [-0.39, 0.29) is 12.2 Å². The number of likely N-dealkylation sites (tertiary alicyclic amines) is 1. The number of rotatable bonds is 6. The van der Waals surface area contributed by atoms with Crippen LogP contribution in [-0.2, 0) is 9.47 Å². The minimum absolute atomic E-state index is 0.0907. The first kappa shape index (κ1) is 19.4. The van der Waals surface area contributed by atoms with E-state index in [4.69, 9.17) is 18.9 Å². The van der Waals surface area contributed by atoms with Gasteiger partial charge in [-0.2, -0.15) is 0 Å². The van der Waals surface area contributed by atoms with Gasteiger partial charge in [0.25, 0.3) is 0 Å². The maximum Gasteiger partial charge on any atom is 0.410 e. The lowest BCUT2D eigenvalue weighted by atomic mass is 10.1. The molecule has 140 valence electrons. The average molecular weight is 351 g/mol. The summed E-state index contributed by atoms with van der Waals surface area (Å²) in [6.45, 7) is 7.98. The van der Waals surface area contributed by atoms with Crippen LogP contribution in [0.2, 0.25) is 0 Å². The zero-order valence-electron chi connectivity index (χ0n) is 15.6. The monoisotopic (exact) mass is 351 g/mol. The van der Waals surface area contributed by atoms with E-state index >= 15 is 0 Å². The second-order valence-corrected chi connectivity index (χ2v) is 7.10. The van der Waals surface area contributed by atoms with Gasteiger partial charge < -0.3 is 23.8 Å². The van der Waals surface area contributed by atoms with Crippen molar-refractivity contribution in [3.05, 3.63) is 24.3 Å². The second kappa shape index (κ2) is 8.94. The predicted molar refractivity (Wildman–Crippen MR) is 95.3 cm³/mol. The van der Waals surface area contributed by atoms with Gasteiger partial charge in [0.15, 0.2) is 0 Å². The van der Waals surface area contributed by atoms with E-state index in [9.17, 15) is 4.79 Å². The van der Waals surface area contributed by atoms with E-state index in [0.717, 1.165) is 24.3 Å². The largest absolute Gasteiger partial charge is 0.491 e. The number of ether oxygens (including phenoxy) is 4. The number of benzene rings is 1. The van der Waals surface area contributed by atoms with Crippen LogP contribution >= 0.6 is 0 Å². The van der Waals surface area contributed by atoms with Crippen LogP contribution in [0.1, 0.15) is 33.6 Å². The summed E-state index contributed by atoms with van der Waals surface area (Å²) < 4.78 is 22.0. The molecule has 0 spiro atoms. The number of amides is 1. The van der Waals surface area contributed by atoms with Crippen molar-refractivity contribution in [2.75, 3.05) is 33.4 Å². The summed E-state index contributed by atoms with van der Waals surface area (Å²) >= 11 is 0. The molecule has 0 atom stereocenters. The Bertz CT molecular complexity index is 547. The Hall–Kier alpha value is -1.95. The zero-order valence-corrected chi connectivity index (χ0v) is 15.6. The minimum Gasteiger partial charge on any atom is -0.491 e. The third-order valence-corrected chi connectivity index (χ3v) is 3.76. The van der Waals surface area contributed by atoms with Crippen LogP contribution in [0.15, 0.2) is 24.3 Å². The SMILES string of the molecule is COCCOc1cccc(OC2CCN(C(=O)OC(C)(C)C)CC2)c1. The van der Waals surface area contributed by atoms with Crippen molar-refractivity contribution < 1.29 is 23.7 Å². The van der Waals surface area contributed by atoms with E-state index in [1.54, 1.807) is 12.0 Å². The maximum absolute atomic E-state index is 12.1. The molecule has 0 bridgehead atoms. The molecule has 1 heterocycles. The van der Waals surface area contributed by atoms with Gasteiger partial charge >= 0.3 is 6.09 Å². The van der Waals surface area contributed by atoms with Gasteiger partial charge in [-0.15, -0.1) is 0 Å². The van der Waals surface area contributed by atoms with Crippen LogP contribution in [0.4, 0.5) is 4.79 Å². The summed E-state index contributed by atoms with van der Waals surface area (Å²) in [6, 6.07) is 7.61. The van der Waals surface area contributed by atoms with E-state index in [1.165, 1.54) is 0 Å². The van der Waals surface area contributed by atoms with Gasteiger partial charge in [-0.3, -0.25) is 0 Å². The Morgan fingerprint density at radius 3 is 2.48 bits per heavy atom. The van der Waals surface area contributed by atoms with Gasteiger partial charge in [0.05, 0.1) is 6.61 Å². The zero-order chi connectivity index (χ0) is 18.3. The van der Waals surface area contributed by atoms with Crippen LogP contribution in [0.5, 0.6) is 11.5 Å². The van der Waals surface area contributed by atoms with Crippen LogP contribution in [0.3, 0.4) is 0 Å². The number of methoxy groups -OCH3 is 1. The Balaban J connectivity index is 1.80. The normalized spacial score (nSPS) is 15.8. The Morgan fingerprint density at radius 2 is 1.84 bits per heavy atom. The van der Waals surface area contributed by atoms with E-state index in [2.05, 4.69) is 0 Å². The Kier molecular flexibility index (Phi) is 6.93. The first-order valence-corrected chi connectivity index (χ1v) is 8.74. The molecule has 1 aliphatic rings. The summed E-state index contributed by atoms with van der Waals surface area (Å²) in [5, 5.41) is 0. The quantitative estimate of drug-likeness (QED) is 0.734. The summed E-state index contributed by atoms with van der Waals surface area (Å²) in [6.07, 6.45) is 1.41. The minimum atomic E-state index is -0.465. The van der Waals surface area contributed by atoms with Gasteiger partial charge in [-0.25, -0.2) is 4.79 Å². The molecular weight excluding hydrogens is 322 g/mol. The van der Waals surface area contributed by atoms with Crippen LogP contribution in [0.25, 0.3) is 0 Å². The highest BCUT2D eigenvalue weighted by Gasteiger charge is 2.27. The molecule has 0 saturated carbocycles. The molecule has 0 aromatic heterocycles. The standard InChI is InChI=1S/C19H29NO5/c1-19(2,3)25-18(21)20-10-8-15(9-11-20)24-17-7-5-6-16(14-17)23-13-12-22-4/h5-7,14-15H,8-13H2,1-4H3. The number of hydrogen-bond acceptors (Lipinski definition) is 5. The second-order valence-electron chi connectivity index (χ2n) is 7.10. The maximum atomic E-state index is 12.1. The summed E-state index contributed by atoms with van der Waals surface area (Å²) in [7, 11) is 1.65. The number of nitrogens with zero attached hydrogens (tertiary/aromatic N) is 1. The van der Waals surface area contributed by atoms with E-state index in [0.29, 0.717) is 26.3 Å². The van der Waals surface area contributed by atoms with Crippen LogP contribution in [-0.4, -0.2) is 56.1 Å². The van der Waals surface area contributed by atoms with Gasteiger partial charge in [-0.1, -0.05) is 6.07 Å². The molecule has 0 unspecified atom stereocenters. The molecule has 25 heavy (non-hydrogen) atoms. The fourth-order valence-corrected chi connectivity index (χ4v) is 2.56. The fraction of sp³-hybridized carbons (Fsp3) is 0.632. The first-order valence-electron chi connectivity index (χ1n) is 8.74. The Labute approximate surface area is 150 Å². The third kappa shape index (κ3) is 6.82. The van der Waals surface area contributed by atoms with Crippen LogP contribution in [0, 0.1) is 0 Å². The molecular formula is C19H29NO5. The molecule has 0 radical (unpaired) electrons. The molecule has 1 aromatic carbocycles. The van der Waals surface area contributed by atoms with Crippen LogP contribution < -0.4 is 9.47 Å². The summed E-state index contributed by atoms with van der Waals surface area (Å²) in [4.78, 5) is 13.8. The molecule has 6 heteroatoms. The van der Waals surface area contributed by atoms with Gasteiger partial charge in [-0.05, 0) is 32.9 Å². The molecule has 1 fully saturated rings. The number of piperidine rings is 1. The lowest BCUT2D eigenvalue weighted by molar-refractivity contribution is 0.0126. The predicted octanol–water partition coefficient (Wildman–Crippen LogP) is 3.49. The smallest absolute Gasteiger partial charge is 0.410 e. The van der Waals surface area contributed by atoms with Crippen molar-refractivity contribution >= 4 is 6.09 Å². The van der Waals surface area contributed by atoms with Gasteiger partial charge in [0.1, 0.15) is 29.8 Å². The van der Waals surface area contributed by atoms with Crippen molar-refractivity contribution in [1.82, 2.24) is 4.90 Å². The van der Waals surface area contributed by atoms with Crippen molar-refractivity contribution in [3.8, 4) is 11.5 Å². The molecule has 6 nitrogen and oxygen atoms in total. The molecule has 0 N–H and O–H groups in total. The lowest BCUT2D eigenvalue weighted by Gasteiger charge is -2.33. The number of hydrogen-bond donors (Lipinski definition) is 0. The van der Waals surface area contributed by atoms with Gasteiger partial charge in [0.2, 0.25) is 0 Å². The van der Waals surface area contributed by atoms with Gasteiger partial charge in [0, 0.05) is 39.1 Å². The summed E-state index contributed by atoms with van der Waals surface area (Å²) in [5.41, 5.74) is -0.465. The van der Waals surface area contributed by atoms with Crippen molar-refractivity contribution in [2.24, 2.45) is 0 Å². The molecule has 2 rings (SSSR count). The Morgan fingerprint density at radius 1 is 1.16 bits per heavy atom. The highest BCUT2D eigenvalue weighted by atomic mass is 16.6. The highest BCUT2D eigenvalue weighted by molar-refractivity contribution is 5.68. The topological polar surface area (TPSA) is 57.2 Å². The third-order valence-electron chi connectivity index (χ3n) is 3.76. The van der Waals surface area contributed by atoms with E-state index in [1.807, 2.05) is 45.0 Å².